The van der Waals surface area contributed by atoms with Crippen molar-refractivity contribution in [1.82, 2.24) is 19.9 Å². The van der Waals surface area contributed by atoms with Crippen molar-refractivity contribution in [1.29, 1.82) is 0 Å². The van der Waals surface area contributed by atoms with Crippen LogP contribution in [0.1, 0.15) is 24.7 Å². The average molecular weight is 204 g/mol. The fourth-order valence-electron chi connectivity index (χ4n) is 1.94. The number of pyridine rings is 1. The Balaban J connectivity index is 2.05. The third kappa shape index (κ3) is 1.45. The van der Waals surface area contributed by atoms with Gasteiger partial charge in [0.05, 0.1) is 12.2 Å². The minimum atomic E-state index is 0.207. The molecule has 3 heterocycles. The normalized spacial score (nSPS) is 21.2. The van der Waals surface area contributed by atoms with Gasteiger partial charge in [0.2, 0.25) is 0 Å². The molecule has 2 aromatic heterocycles. The van der Waals surface area contributed by atoms with E-state index in [0.29, 0.717) is 0 Å². The summed E-state index contributed by atoms with van der Waals surface area (Å²) in [6.45, 7) is 1.03. The van der Waals surface area contributed by atoms with Gasteiger partial charge in [-0.15, -0.1) is 5.10 Å². The van der Waals surface area contributed by atoms with Crippen molar-refractivity contribution in [3.8, 4) is 5.75 Å². The lowest BCUT2D eigenvalue weighted by Crippen LogP contribution is -2.14. The maximum absolute atomic E-state index is 9.30. The molecule has 1 fully saturated rings. The maximum Gasteiger partial charge on any atom is 0.168 e. The number of hydrogen-bond donors (Lipinski definition) is 2. The van der Waals surface area contributed by atoms with Gasteiger partial charge in [-0.05, 0) is 31.5 Å². The molecule has 0 bridgehead atoms. The molecule has 2 N–H and O–H groups in total. The summed E-state index contributed by atoms with van der Waals surface area (Å²) in [5.74, 6) is 1.02. The molecule has 1 aliphatic rings. The first-order valence-corrected chi connectivity index (χ1v) is 5.11. The van der Waals surface area contributed by atoms with E-state index >= 15 is 0 Å². The zero-order valence-corrected chi connectivity index (χ0v) is 8.22. The SMILES string of the molecule is Oc1ccc2nc(C3CCCN3)nn2c1. The molecular weight excluding hydrogens is 192 g/mol. The van der Waals surface area contributed by atoms with Crippen LogP contribution in [0.3, 0.4) is 0 Å². The number of hydrogen-bond acceptors (Lipinski definition) is 4. The third-order valence-corrected chi connectivity index (χ3v) is 2.70. The predicted molar refractivity (Wildman–Crippen MR) is 54.6 cm³/mol. The first-order chi connectivity index (χ1) is 7.33. The molecule has 78 valence electrons. The van der Waals surface area contributed by atoms with E-state index in [9.17, 15) is 5.11 Å². The van der Waals surface area contributed by atoms with Crippen LogP contribution in [0.25, 0.3) is 5.65 Å². The number of rotatable bonds is 1. The minimum absolute atomic E-state index is 0.207. The summed E-state index contributed by atoms with van der Waals surface area (Å²) in [5, 5.41) is 17.0. The second-order valence-corrected chi connectivity index (χ2v) is 3.81. The van der Waals surface area contributed by atoms with Crippen molar-refractivity contribution in [3.63, 3.8) is 0 Å². The van der Waals surface area contributed by atoms with Crippen LogP contribution in [0.5, 0.6) is 5.75 Å². The number of aromatic hydroxyl groups is 1. The predicted octanol–water partition coefficient (Wildman–Crippen LogP) is 0.859. The Morgan fingerprint density at radius 2 is 2.40 bits per heavy atom. The Kier molecular flexibility index (Phi) is 1.85. The molecule has 5 heteroatoms. The minimum Gasteiger partial charge on any atom is -0.506 e. The van der Waals surface area contributed by atoms with Crippen LogP contribution in [0, 0.1) is 0 Å². The van der Waals surface area contributed by atoms with Crippen molar-refractivity contribution in [2.24, 2.45) is 0 Å². The molecule has 0 saturated carbocycles. The molecule has 1 atom stereocenters. The van der Waals surface area contributed by atoms with Gasteiger partial charge in [-0.25, -0.2) is 9.50 Å². The zero-order valence-electron chi connectivity index (χ0n) is 8.22. The van der Waals surface area contributed by atoms with E-state index in [4.69, 9.17) is 0 Å². The van der Waals surface area contributed by atoms with E-state index in [0.717, 1.165) is 24.4 Å². The van der Waals surface area contributed by atoms with Gasteiger partial charge in [0.15, 0.2) is 11.5 Å². The van der Waals surface area contributed by atoms with Gasteiger partial charge < -0.3 is 10.4 Å². The smallest absolute Gasteiger partial charge is 0.168 e. The summed E-state index contributed by atoms with van der Waals surface area (Å²) in [6, 6.07) is 3.66. The molecule has 15 heavy (non-hydrogen) atoms. The van der Waals surface area contributed by atoms with E-state index in [2.05, 4.69) is 15.4 Å². The maximum atomic E-state index is 9.30. The summed E-state index contributed by atoms with van der Waals surface area (Å²) >= 11 is 0. The van der Waals surface area contributed by atoms with E-state index in [1.165, 1.54) is 6.42 Å². The van der Waals surface area contributed by atoms with Crippen molar-refractivity contribution < 1.29 is 5.11 Å². The van der Waals surface area contributed by atoms with Crippen LogP contribution >= 0.6 is 0 Å². The number of nitrogens with one attached hydrogen (secondary N) is 1. The standard InChI is InChI=1S/C10H12N4O/c15-7-3-4-9-12-10(13-14(9)6-7)8-2-1-5-11-8/h3-4,6,8,11,15H,1-2,5H2. The van der Waals surface area contributed by atoms with Crippen LogP contribution in [-0.4, -0.2) is 26.2 Å². The highest BCUT2D eigenvalue weighted by atomic mass is 16.3. The number of nitrogens with zero attached hydrogens (tertiary/aromatic N) is 3. The van der Waals surface area contributed by atoms with Gasteiger partial charge in [0.1, 0.15) is 5.75 Å². The Morgan fingerprint density at radius 1 is 1.47 bits per heavy atom. The molecule has 1 aliphatic heterocycles. The zero-order chi connectivity index (χ0) is 10.3. The Hall–Kier alpha value is -1.62. The largest absolute Gasteiger partial charge is 0.506 e. The lowest BCUT2D eigenvalue weighted by Gasteiger charge is -2.02. The topological polar surface area (TPSA) is 62.5 Å². The Bertz CT molecular complexity index is 487. The molecule has 1 unspecified atom stereocenters. The second kappa shape index (κ2) is 3.20. The fraction of sp³-hybridized carbons (Fsp3) is 0.400. The van der Waals surface area contributed by atoms with E-state index in [1.807, 2.05) is 0 Å². The van der Waals surface area contributed by atoms with Crippen LogP contribution in [0.15, 0.2) is 18.3 Å². The van der Waals surface area contributed by atoms with Gasteiger partial charge in [-0.1, -0.05) is 0 Å². The quantitative estimate of drug-likeness (QED) is 0.723. The van der Waals surface area contributed by atoms with Crippen molar-refractivity contribution >= 4 is 5.65 Å². The van der Waals surface area contributed by atoms with Crippen LogP contribution in [-0.2, 0) is 0 Å². The van der Waals surface area contributed by atoms with Gasteiger partial charge in [-0.3, -0.25) is 0 Å². The number of aromatic nitrogens is 3. The molecule has 1 saturated heterocycles. The van der Waals surface area contributed by atoms with E-state index in [1.54, 1.807) is 22.8 Å². The van der Waals surface area contributed by atoms with Crippen molar-refractivity contribution in [2.45, 2.75) is 18.9 Å². The van der Waals surface area contributed by atoms with Crippen molar-refractivity contribution in [2.75, 3.05) is 6.54 Å². The highest BCUT2D eigenvalue weighted by Gasteiger charge is 2.20. The average Bonchev–Trinajstić information content (AvgIpc) is 2.84. The Morgan fingerprint density at radius 3 is 3.20 bits per heavy atom. The van der Waals surface area contributed by atoms with E-state index < -0.39 is 0 Å². The lowest BCUT2D eigenvalue weighted by atomic mass is 10.2. The molecule has 0 aromatic carbocycles. The second-order valence-electron chi connectivity index (χ2n) is 3.81. The third-order valence-electron chi connectivity index (χ3n) is 2.70. The van der Waals surface area contributed by atoms with Crippen LogP contribution in [0.2, 0.25) is 0 Å². The van der Waals surface area contributed by atoms with Gasteiger partial charge in [-0.2, -0.15) is 0 Å². The molecule has 0 spiro atoms. The molecular formula is C10H12N4O. The molecule has 0 radical (unpaired) electrons. The van der Waals surface area contributed by atoms with Crippen LogP contribution in [0.4, 0.5) is 0 Å². The molecule has 0 aliphatic carbocycles. The van der Waals surface area contributed by atoms with E-state index in [-0.39, 0.29) is 11.8 Å². The molecule has 5 nitrogen and oxygen atoms in total. The first kappa shape index (κ1) is 8.67. The lowest BCUT2D eigenvalue weighted by molar-refractivity contribution is 0.470. The fourth-order valence-corrected chi connectivity index (χ4v) is 1.94. The first-order valence-electron chi connectivity index (χ1n) is 5.11. The van der Waals surface area contributed by atoms with Gasteiger partial charge in [0, 0.05) is 0 Å². The van der Waals surface area contributed by atoms with Gasteiger partial charge >= 0.3 is 0 Å². The summed E-state index contributed by atoms with van der Waals surface area (Å²) in [5.41, 5.74) is 0.775. The summed E-state index contributed by atoms with van der Waals surface area (Å²) in [6.07, 6.45) is 3.83. The Labute approximate surface area is 86.8 Å². The molecule has 0 amide bonds. The summed E-state index contributed by atoms with van der Waals surface area (Å²) < 4.78 is 1.62. The molecule has 3 rings (SSSR count). The number of fused-ring (bicyclic) bond motifs is 1. The van der Waals surface area contributed by atoms with Crippen molar-refractivity contribution in [3.05, 3.63) is 24.2 Å². The monoisotopic (exact) mass is 204 g/mol. The summed E-state index contributed by atoms with van der Waals surface area (Å²) in [7, 11) is 0. The summed E-state index contributed by atoms with van der Waals surface area (Å²) in [4.78, 5) is 4.41. The molecule has 2 aromatic rings. The van der Waals surface area contributed by atoms with Crippen LogP contribution < -0.4 is 5.32 Å². The highest BCUT2D eigenvalue weighted by molar-refractivity contribution is 5.40. The highest BCUT2D eigenvalue weighted by Crippen LogP contribution is 2.21. The van der Waals surface area contributed by atoms with Gasteiger partial charge in [0.25, 0.3) is 0 Å².